The summed E-state index contributed by atoms with van der Waals surface area (Å²) in [7, 11) is 4.02. The Morgan fingerprint density at radius 3 is 2.76 bits per heavy atom. The molecular formula is C18H26N6O. The number of aromatic nitrogens is 3. The van der Waals surface area contributed by atoms with Crippen molar-refractivity contribution in [1.82, 2.24) is 24.6 Å². The van der Waals surface area contributed by atoms with Gasteiger partial charge in [0.05, 0.1) is 6.54 Å². The molecule has 1 N–H and O–H groups in total. The normalized spacial score (nSPS) is 21.1. The Hall–Kier alpha value is -2.41. The number of hydrogen-bond donors (Lipinski definition) is 1. The molecule has 0 spiro atoms. The van der Waals surface area contributed by atoms with E-state index < -0.39 is 0 Å². The first kappa shape index (κ1) is 17.4. The molecule has 2 aromatic rings. The van der Waals surface area contributed by atoms with Crippen molar-refractivity contribution < 1.29 is 4.79 Å². The van der Waals surface area contributed by atoms with Crippen LogP contribution in [0.25, 0.3) is 0 Å². The molecule has 1 aromatic carbocycles. The summed E-state index contributed by atoms with van der Waals surface area (Å²) in [5.74, 6) is 0.472. The topological polar surface area (TPSA) is 66.3 Å². The minimum absolute atomic E-state index is 0.0505. The summed E-state index contributed by atoms with van der Waals surface area (Å²) in [6.07, 6.45) is 4.22. The predicted octanol–water partition coefficient (Wildman–Crippen LogP) is 2.13. The molecule has 0 bridgehead atoms. The molecule has 0 aliphatic carbocycles. The Morgan fingerprint density at radius 1 is 1.36 bits per heavy atom. The van der Waals surface area contributed by atoms with E-state index in [9.17, 15) is 4.79 Å². The first-order valence-corrected chi connectivity index (χ1v) is 8.66. The molecule has 1 aliphatic heterocycles. The zero-order chi connectivity index (χ0) is 17.8. The highest BCUT2D eigenvalue weighted by atomic mass is 16.2. The van der Waals surface area contributed by atoms with Crippen molar-refractivity contribution in [3.63, 3.8) is 0 Å². The molecule has 3 rings (SSSR count). The van der Waals surface area contributed by atoms with E-state index in [0.717, 1.165) is 30.8 Å². The van der Waals surface area contributed by atoms with Crippen molar-refractivity contribution >= 4 is 11.7 Å². The summed E-state index contributed by atoms with van der Waals surface area (Å²) in [6, 6.07) is 8.07. The summed E-state index contributed by atoms with van der Waals surface area (Å²) in [5.41, 5.74) is 1.92. The molecule has 2 atom stereocenters. The zero-order valence-corrected chi connectivity index (χ0v) is 15.1. The van der Waals surface area contributed by atoms with E-state index in [2.05, 4.69) is 34.3 Å². The number of benzene rings is 1. The van der Waals surface area contributed by atoms with Gasteiger partial charge in [-0.1, -0.05) is 19.1 Å². The van der Waals surface area contributed by atoms with Crippen molar-refractivity contribution in [2.24, 2.45) is 5.92 Å². The Labute approximate surface area is 148 Å². The van der Waals surface area contributed by atoms with Gasteiger partial charge >= 0.3 is 6.03 Å². The quantitative estimate of drug-likeness (QED) is 0.924. The van der Waals surface area contributed by atoms with E-state index >= 15 is 0 Å². The van der Waals surface area contributed by atoms with Crippen LogP contribution in [0.2, 0.25) is 0 Å². The van der Waals surface area contributed by atoms with Crippen LogP contribution in [-0.4, -0.2) is 63.8 Å². The molecule has 1 fully saturated rings. The fourth-order valence-corrected chi connectivity index (χ4v) is 3.47. The average molecular weight is 342 g/mol. The lowest BCUT2D eigenvalue weighted by Crippen LogP contribution is -2.50. The number of nitrogens with one attached hydrogen (secondary N) is 1. The van der Waals surface area contributed by atoms with Gasteiger partial charge in [-0.15, -0.1) is 0 Å². The van der Waals surface area contributed by atoms with Crippen LogP contribution in [0, 0.1) is 5.92 Å². The van der Waals surface area contributed by atoms with E-state index in [-0.39, 0.29) is 12.1 Å². The lowest BCUT2D eigenvalue weighted by atomic mass is 9.93. The van der Waals surface area contributed by atoms with Crippen LogP contribution < -0.4 is 5.32 Å². The Balaban J connectivity index is 1.57. The number of amides is 2. The second kappa shape index (κ2) is 7.65. The van der Waals surface area contributed by atoms with Gasteiger partial charge in [0.1, 0.15) is 12.7 Å². The van der Waals surface area contributed by atoms with Crippen LogP contribution >= 0.6 is 0 Å². The summed E-state index contributed by atoms with van der Waals surface area (Å²) < 4.78 is 1.77. The number of likely N-dealkylation sites (tertiary alicyclic amines) is 1. The fraction of sp³-hybridized carbons (Fsp3) is 0.500. The highest BCUT2D eigenvalue weighted by Crippen LogP contribution is 2.21. The van der Waals surface area contributed by atoms with Gasteiger partial charge in [0.15, 0.2) is 0 Å². The Morgan fingerprint density at radius 2 is 2.12 bits per heavy atom. The van der Waals surface area contributed by atoms with Gasteiger partial charge in [-0.05, 0) is 43.6 Å². The van der Waals surface area contributed by atoms with Gasteiger partial charge in [0, 0.05) is 25.3 Å². The average Bonchev–Trinajstić information content (AvgIpc) is 3.09. The first-order valence-electron chi connectivity index (χ1n) is 8.66. The van der Waals surface area contributed by atoms with Gasteiger partial charge in [-0.3, -0.25) is 0 Å². The molecule has 2 heterocycles. The van der Waals surface area contributed by atoms with Crippen LogP contribution in [0.1, 0.15) is 18.9 Å². The van der Waals surface area contributed by atoms with Gasteiger partial charge < -0.3 is 15.1 Å². The first-order chi connectivity index (χ1) is 12.0. The van der Waals surface area contributed by atoms with Crippen molar-refractivity contribution in [2.75, 3.05) is 32.5 Å². The standard InChI is InChI=1S/C18H26N6O/c1-14-10-22(2)9-8-17(14)23(3)18(25)21-16-6-4-15(5-7-16)11-24-13-19-12-20-24/h4-7,12-14,17H,8-11H2,1-3H3,(H,21,25)/t14-,17-/m1/s1. The third-order valence-corrected chi connectivity index (χ3v) is 4.90. The summed E-state index contributed by atoms with van der Waals surface area (Å²) in [4.78, 5) is 20.7. The van der Waals surface area contributed by atoms with Crippen LogP contribution in [-0.2, 0) is 6.54 Å². The number of piperidine rings is 1. The second-order valence-corrected chi connectivity index (χ2v) is 6.93. The van der Waals surface area contributed by atoms with Gasteiger partial charge in [-0.2, -0.15) is 5.10 Å². The number of urea groups is 1. The zero-order valence-electron chi connectivity index (χ0n) is 15.1. The maximum Gasteiger partial charge on any atom is 0.321 e. The SMILES string of the molecule is C[C@@H]1CN(C)CC[C@H]1N(C)C(=O)Nc1ccc(Cn2cncn2)cc1. The maximum atomic E-state index is 12.6. The minimum Gasteiger partial charge on any atom is -0.324 e. The van der Waals surface area contributed by atoms with Gasteiger partial charge in [0.25, 0.3) is 0 Å². The number of rotatable bonds is 4. The van der Waals surface area contributed by atoms with Gasteiger partial charge in [0.2, 0.25) is 0 Å². The molecule has 25 heavy (non-hydrogen) atoms. The fourth-order valence-electron chi connectivity index (χ4n) is 3.47. The molecule has 1 aliphatic rings. The van der Waals surface area contributed by atoms with Crippen molar-refractivity contribution in [3.05, 3.63) is 42.5 Å². The largest absolute Gasteiger partial charge is 0.324 e. The van der Waals surface area contributed by atoms with E-state index in [4.69, 9.17) is 0 Å². The number of nitrogens with zero attached hydrogens (tertiary/aromatic N) is 5. The van der Waals surface area contributed by atoms with E-state index in [1.807, 2.05) is 36.2 Å². The molecule has 2 amide bonds. The minimum atomic E-state index is -0.0505. The van der Waals surface area contributed by atoms with Crippen LogP contribution in [0.15, 0.2) is 36.9 Å². The highest BCUT2D eigenvalue weighted by Gasteiger charge is 2.29. The molecule has 0 saturated carbocycles. The van der Waals surface area contributed by atoms with E-state index in [1.165, 1.54) is 6.33 Å². The number of hydrogen-bond acceptors (Lipinski definition) is 4. The Kier molecular flexibility index (Phi) is 5.33. The van der Waals surface area contributed by atoms with Crippen LogP contribution in [0.4, 0.5) is 10.5 Å². The molecule has 0 unspecified atom stereocenters. The predicted molar refractivity (Wildman–Crippen MR) is 97.4 cm³/mol. The molecular weight excluding hydrogens is 316 g/mol. The monoisotopic (exact) mass is 342 g/mol. The highest BCUT2D eigenvalue weighted by molar-refractivity contribution is 5.89. The lowest BCUT2D eigenvalue weighted by Gasteiger charge is -2.39. The van der Waals surface area contributed by atoms with E-state index in [1.54, 1.807) is 11.0 Å². The summed E-state index contributed by atoms with van der Waals surface area (Å²) in [6.45, 7) is 4.94. The number of anilines is 1. The number of carbonyl (C=O) groups is 1. The third kappa shape index (κ3) is 4.36. The molecule has 7 heteroatoms. The summed E-state index contributed by atoms with van der Waals surface area (Å²) >= 11 is 0. The summed E-state index contributed by atoms with van der Waals surface area (Å²) in [5, 5.41) is 7.09. The van der Waals surface area contributed by atoms with Crippen molar-refractivity contribution in [2.45, 2.75) is 25.9 Å². The smallest absolute Gasteiger partial charge is 0.321 e. The van der Waals surface area contributed by atoms with Crippen molar-refractivity contribution in [3.8, 4) is 0 Å². The lowest BCUT2D eigenvalue weighted by molar-refractivity contribution is 0.113. The van der Waals surface area contributed by atoms with E-state index in [0.29, 0.717) is 12.5 Å². The molecule has 1 saturated heterocycles. The molecule has 1 aromatic heterocycles. The Bertz CT molecular complexity index is 684. The number of carbonyl (C=O) groups excluding carboxylic acids is 1. The third-order valence-electron chi connectivity index (χ3n) is 4.90. The molecule has 0 radical (unpaired) electrons. The van der Waals surface area contributed by atoms with Crippen molar-refractivity contribution in [1.29, 1.82) is 0 Å². The molecule has 134 valence electrons. The van der Waals surface area contributed by atoms with Crippen LogP contribution in [0.5, 0.6) is 0 Å². The maximum absolute atomic E-state index is 12.6. The van der Waals surface area contributed by atoms with Gasteiger partial charge in [-0.25, -0.2) is 14.5 Å². The second-order valence-electron chi connectivity index (χ2n) is 6.93. The molecule has 7 nitrogen and oxygen atoms in total. The van der Waals surface area contributed by atoms with Crippen LogP contribution in [0.3, 0.4) is 0 Å².